The largest absolute Gasteiger partial charge is 0.481 e. The van der Waals surface area contributed by atoms with E-state index in [-0.39, 0.29) is 11.8 Å². The number of ether oxygens (including phenoxy) is 1. The van der Waals surface area contributed by atoms with Crippen molar-refractivity contribution >= 4 is 23.5 Å². The molecule has 0 aliphatic carbocycles. The van der Waals surface area contributed by atoms with E-state index < -0.39 is 47.4 Å². The molecule has 0 aromatic heterocycles. The van der Waals surface area contributed by atoms with Crippen molar-refractivity contribution < 1.29 is 28.6 Å². The van der Waals surface area contributed by atoms with Gasteiger partial charge in [-0.25, -0.2) is 4.39 Å². The van der Waals surface area contributed by atoms with E-state index in [2.05, 4.69) is 0 Å². The molecular weight excluding hydrogens is 367 g/mol. The number of carboxylic acid groups (broad SMARTS) is 1. The standard InChI is InChI=1S/C20H19FN2O5/c1-9(24)22(2)13-8-15-20-6-5-14(28-20)16(19(26)27)17(20)18(25)23(15)12-4-3-10(21)7-11(12)13/h3-7,13-17H,8H2,1-2H3,(H,26,27)/t13-,14+,15-,16+,17-,20+/m0/s1. The highest BCUT2D eigenvalue weighted by Gasteiger charge is 2.72. The van der Waals surface area contributed by atoms with E-state index in [9.17, 15) is 23.9 Å². The molecule has 1 N–H and O–H groups in total. The number of carbonyl (C=O) groups is 3. The lowest BCUT2D eigenvalue weighted by molar-refractivity contribution is -0.146. The average molecular weight is 386 g/mol. The first-order valence-electron chi connectivity index (χ1n) is 9.22. The van der Waals surface area contributed by atoms with E-state index in [0.717, 1.165) is 0 Å². The third-order valence-corrected chi connectivity index (χ3v) is 6.73. The second-order valence-corrected chi connectivity index (χ2v) is 7.95. The van der Waals surface area contributed by atoms with Crippen molar-refractivity contribution in [1.29, 1.82) is 0 Å². The van der Waals surface area contributed by atoms with Crippen molar-refractivity contribution in [2.24, 2.45) is 11.8 Å². The maximum Gasteiger partial charge on any atom is 0.310 e. The van der Waals surface area contributed by atoms with Crippen LogP contribution in [0.25, 0.3) is 0 Å². The van der Waals surface area contributed by atoms with Gasteiger partial charge in [-0.3, -0.25) is 14.4 Å². The zero-order valence-corrected chi connectivity index (χ0v) is 15.3. The molecule has 28 heavy (non-hydrogen) atoms. The summed E-state index contributed by atoms with van der Waals surface area (Å²) in [6.45, 7) is 1.43. The lowest BCUT2D eigenvalue weighted by Crippen LogP contribution is -2.50. The van der Waals surface area contributed by atoms with Gasteiger partial charge in [0.25, 0.3) is 0 Å². The molecule has 2 amide bonds. The van der Waals surface area contributed by atoms with E-state index in [4.69, 9.17) is 4.74 Å². The van der Waals surface area contributed by atoms with E-state index >= 15 is 0 Å². The maximum absolute atomic E-state index is 14.0. The van der Waals surface area contributed by atoms with Crippen molar-refractivity contribution in [2.75, 3.05) is 11.9 Å². The maximum atomic E-state index is 14.0. The molecule has 4 aliphatic rings. The molecule has 1 spiro atoms. The summed E-state index contributed by atoms with van der Waals surface area (Å²) in [4.78, 5) is 40.3. The third kappa shape index (κ3) is 1.93. The van der Waals surface area contributed by atoms with Gasteiger partial charge in [0, 0.05) is 25.2 Å². The smallest absolute Gasteiger partial charge is 0.310 e. The highest BCUT2D eigenvalue weighted by molar-refractivity contribution is 6.04. The predicted octanol–water partition coefficient (Wildman–Crippen LogP) is 1.49. The Labute approximate surface area is 160 Å². The minimum atomic E-state index is -1.06. The van der Waals surface area contributed by atoms with E-state index in [0.29, 0.717) is 17.7 Å². The number of hydrogen-bond donors (Lipinski definition) is 1. The Bertz CT molecular complexity index is 962. The van der Waals surface area contributed by atoms with Crippen LogP contribution in [0, 0.1) is 17.7 Å². The number of aliphatic carboxylic acids is 1. The quantitative estimate of drug-likeness (QED) is 0.779. The van der Waals surface area contributed by atoms with E-state index in [1.165, 1.54) is 30.0 Å². The number of halogens is 1. The molecule has 6 atom stereocenters. The van der Waals surface area contributed by atoms with Gasteiger partial charge in [-0.05, 0) is 24.6 Å². The van der Waals surface area contributed by atoms with Gasteiger partial charge < -0.3 is 19.6 Å². The molecule has 1 aromatic carbocycles. The van der Waals surface area contributed by atoms with Crippen LogP contribution in [-0.4, -0.2) is 52.6 Å². The molecule has 8 heteroatoms. The summed E-state index contributed by atoms with van der Waals surface area (Å²) in [6, 6.07) is 3.25. The molecule has 1 aromatic rings. The number of carbonyl (C=O) groups excluding carboxylic acids is 2. The highest BCUT2D eigenvalue weighted by atomic mass is 19.1. The van der Waals surface area contributed by atoms with Crippen molar-refractivity contribution in [2.45, 2.75) is 37.1 Å². The molecule has 7 nitrogen and oxygen atoms in total. The Kier molecular flexibility index (Phi) is 3.35. The van der Waals surface area contributed by atoms with Crippen LogP contribution in [0.15, 0.2) is 30.4 Å². The van der Waals surface area contributed by atoms with Crippen LogP contribution in [-0.2, 0) is 19.1 Å². The number of amides is 2. The number of anilines is 1. The van der Waals surface area contributed by atoms with Crippen LogP contribution in [0.3, 0.4) is 0 Å². The SMILES string of the molecule is CC(=O)N(C)[C@H]1C[C@@H]2N(C(=O)[C@@H]3[C@H](C(=O)O)[C@H]4C=C[C@]32O4)c2ccc(F)cc21. The summed E-state index contributed by atoms with van der Waals surface area (Å²) in [5.74, 6) is -3.79. The molecule has 146 valence electrons. The molecule has 4 heterocycles. The van der Waals surface area contributed by atoms with Gasteiger partial charge in [0.05, 0.1) is 24.1 Å². The van der Waals surface area contributed by atoms with Crippen molar-refractivity contribution in [3.63, 3.8) is 0 Å². The molecule has 0 unspecified atom stereocenters. The normalized spacial score (nSPS) is 36.9. The number of rotatable bonds is 2. The Hall–Kier alpha value is -2.74. The summed E-state index contributed by atoms with van der Waals surface area (Å²) in [6.07, 6.45) is 3.24. The van der Waals surface area contributed by atoms with Gasteiger partial charge >= 0.3 is 5.97 Å². The lowest BCUT2D eigenvalue weighted by atomic mass is 9.73. The Balaban J connectivity index is 1.68. The van der Waals surface area contributed by atoms with E-state index in [1.807, 2.05) is 6.08 Å². The molecule has 4 aliphatic heterocycles. The molecule has 2 fully saturated rings. The highest BCUT2D eigenvalue weighted by Crippen LogP contribution is 2.59. The van der Waals surface area contributed by atoms with Crippen molar-refractivity contribution in [3.8, 4) is 0 Å². The Morgan fingerprint density at radius 3 is 2.82 bits per heavy atom. The Morgan fingerprint density at radius 2 is 2.14 bits per heavy atom. The lowest BCUT2D eigenvalue weighted by Gasteiger charge is -2.43. The fraction of sp³-hybridized carbons (Fsp3) is 0.450. The summed E-state index contributed by atoms with van der Waals surface area (Å²) in [5, 5.41) is 9.69. The molecule has 2 bridgehead atoms. The molecular formula is C20H19FN2O5. The Morgan fingerprint density at radius 1 is 1.39 bits per heavy atom. The van der Waals surface area contributed by atoms with Gasteiger partial charge in [0.2, 0.25) is 11.8 Å². The minimum absolute atomic E-state index is 0.178. The minimum Gasteiger partial charge on any atom is -0.481 e. The summed E-state index contributed by atoms with van der Waals surface area (Å²) in [7, 11) is 1.64. The monoisotopic (exact) mass is 386 g/mol. The zero-order valence-electron chi connectivity index (χ0n) is 15.3. The fourth-order valence-electron chi connectivity index (χ4n) is 5.44. The number of carboxylic acids is 1. The van der Waals surface area contributed by atoms with Gasteiger partial charge in [-0.2, -0.15) is 0 Å². The third-order valence-electron chi connectivity index (χ3n) is 6.73. The molecule has 0 saturated carbocycles. The summed E-state index contributed by atoms with van der Waals surface area (Å²) in [5.41, 5.74) is 0.0189. The number of hydrogen-bond acceptors (Lipinski definition) is 4. The first-order valence-corrected chi connectivity index (χ1v) is 9.22. The van der Waals surface area contributed by atoms with Gasteiger partial charge in [0.1, 0.15) is 17.3 Å². The van der Waals surface area contributed by atoms with Gasteiger partial charge in [0.15, 0.2) is 0 Å². The number of benzene rings is 1. The van der Waals surface area contributed by atoms with Crippen LogP contribution in [0.1, 0.15) is 24.9 Å². The first-order chi connectivity index (χ1) is 13.3. The van der Waals surface area contributed by atoms with Gasteiger partial charge in [-0.15, -0.1) is 0 Å². The zero-order chi connectivity index (χ0) is 20.0. The van der Waals surface area contributed by atoms with Crippen molar-refractivity contribution in [3.05, 3.63) is 41.7 Å². The van der Waals surface area contributed by atoms with Crippen LogP contribution in [0.5, 0.6) is 0 Å². The van der Waals surface area contributed by atoms with Gasteiger partial charge in [-0.1, -0.05) is 12.2 Å². The van der Waals surface area contributed by atoms with Crippen molar-refractivity contribution in [1.82, 2.24) is 4.90 Å². The second kappa shape index (κ2) is 5.41. The number of fused-ring (bicyclic) bond motifs is 4. The summed E-state index contributed by atoms with van der Waals surface area (Å²) >= 11 is 0. The second-order valence-electron chi connectivity index (χ2n) is 7.95. The molecule has 0 radical (unpaired) electrons. The fourth-order valence-corrected chi connectivity index (χ4v) is 5.44. The summed E-state index contributed by atoms with van der Waals surface area (Å²) < 4.78 is 20.1. The molecule has 5 rings (SSSR count). The molecule has 2 saturated heterocycles. The topological polar surface area (TPSA) is 87.2 Å². The van der Waals surface area contributed by atoms with Crippen LogP contribution >= 0.6 is 0 Å². The van der Waals surface area contributed by atoms with Crippen LogP contribution < -0.4 is 4.90 Å². The van der Waals surface area contributed by atoms with Crippen LogP contribution in [0.4, 0.5) is 10.1 Å². The number of nitrogens with zero attached hydrogens (tertiary/aromatic N) is 2. The van der Waals surface area contributed by atoms with E-state index in [1.54, 1.807) is 18.0 Å². The predicted molar refractivity (Wildman–Crippen MR) is 94.8 cm³/mol. The average Bonchev–Trinajstić information content (AvgIpc) is 3.29. The van der Waals surface area contributed by atoms with Crippen LogP contribution in [0.2, 0.25) is 0 Å². The first kappa shape index (κ1) is 17.4.